The van der Waals surface area contributed by atoms with Crippen LogP contribution in [0.5, 0.6) is 0 Å². The highest BCUT2D eigenvalue weighted by molar-refractivity contribution is 5.27. The second-order valence-electron chi connectivity index (χ2n) is 6.67. The zero-order valence-electron chi connectivity index (χ0n) is 15.0. The molecule has 1 atom stereocenters. The van der Waals surface area contributed by atoms with Crippen molar-refractivity contribution in [2.75, 3.05) is 20.1 Å². The molecule has 0 bridgehead atoms. The molecule has 0 aromatic heterocycles. The van der Waals surface area contributed by atoms with E-state index in [1.807, 2.05) is 18.2 Å². The monoisotopic (exact) mass is 365 g/mol. The molecule has 2 rings (SSSR count). The van der Waals surface area contributed by atoms with E-state index in [1.54, 1.807) is 6.07 Å². The Balaban J connectivity index is 1.69. The molecule has 2 aromatic carbocycles. The normalized spacial score (nSPS) is 13.2. The number of aliphatic hydroxyl groups excluding tert-OH is 1. The van der Waals surface area contributed by atoms with E-state index in [4.69, 9.17) is 0 Å². The van der Waals surface area contributed by atoms with Crippen LogP contribution in [0.15, 0.2) is 54.6 Å². The first kappa shape index (κ1) is 20.5. The van der Waals surface area contributed by atoms with Crippen LogP contribution in [0.25, 0.3) is 0 Å². The third-order valence-corrected chi connectivity index (χ3v) is 4.49. The van der Waals surface area contributed by atoms with Crippen LogP contribution in [-0.2, 0) is 12.6 Å². The second kappa shape index (κ2) is 9.74. The van der Waals surface area contributed by atoms with E-state index in [2.05, 4.69) is 24.1 Å². The molecule has 142 valence electrons. The second-order valence-corrected chi connectivity index (χ2v) is 6.67. The number of halogens is 3. The molecule has 0 amide bonds. The van der Waals surface area contributed by atoms with Crippen molar-refractivity contribution >= 4 is 0 Å². The molecule has 0 saturated heterocycles. The van der Waals surface area contributed by atoms with Gasteiger partial charge in [0.2, 0.25) is 0 Å². The zero-order chi connectivity index (χ0) is 19.0. The summed E-state index contributed by atoms with van der Waals surface area (Å²) in [4.78, 5) is 2.24. The lowest BCUT2D eigenvalue weighted by atomic mass is 10.0. The van der Waals surface area contributed by atoms with Gasteiger partial charge in [0, 0.05) is 6.54 Å². The summed E-state index contributed by atoms with van der Waals surface area (Å²) in [7, 11) is 2.06. The first-order valence-electron chi connectivity index (χ1n) is 8.94. The van der Waals surface area contributed by atoms with E-state index in [0.717, 1.165) is 44.5 Å². The van der Waals surface area contributed by atoms with Crippen LogP contribution < -0.4 is 0 Å². The topological polar surface area (TPSA) is 23.5 Å². The fourth-order valence-electron chi connectivity index (χ4n) is 2.88. The first-order chi connectivity index (χ1) is 12.4. The summed E-state index contributed by atoms with van der Waals surface area (Å²) in [5, 5.41) is 10.1. The van der Waals surface area contributed by atoms with Gasteiger partial charge in [-0.3, -0.25) is 0 Å². The van der Waals surface area contributed by atoms with E-state index in [9.17, 15) is 18.3 Å². The zero-order valence-corrected chi connectivity index (χ0v) is 15.0. The SMILES string of the molecule is CN(CCCCC(O)c1cccc(C(F)(F)F)c1)CCc1ccccc1. The van der Waals surface area contributed by atoms with Crippen molar-refractivity contribution in [2.24, 2.45) is 0 Å². The lowest BCUT2D eigenvalue weighted by molar-refractivity contribution is -0.137. The molecule has 2 aromatic rings. The molecular formula is C21H26F3NO. The fraction of sp³-hybridized carbons (Fsp3) is 0.429. The lowest BCUT2D eigenvalue weighted by Crippen LogP contribution is -2.22. The summed E-state index contributed by atoms with van der Waals surface area (Å²) in [6.07, 6.45) is -2.10. The van der Waals surface area contributed by atoms with E-state index in [-0.39, 0.29) is 0 Å². The number of aliphatic hydroxyl groups is 1. The van der Waals surface area contributed by atoms with Crippen LogP contribution in [0, 0.1) is 0 Å². The fourth-order valence-corrected chi connectivity index (χ4v) is 2.88. The Morgan fingerprint density at radius 2 is 1.69 bits per heavy atom. The molecule has 5 heteroatoms. The maximum atomic E-state index is 12.7. The van der Waals surface area contributed by atoms with Crippen molar-refractivity contribution in [3.8, 4) is 0 Å². The van der Waals surface area contributed by atoms with Crippen molar-refractivity contribution in [1.82, 2.24) is 4.90 Å². The van der Waals surface area contributed by atoms with Gasteiger partial charge in [-0.1, -0.05) is 42.5 Å². The number of hydrogen-bond donors (Lipinski definition) is 1. The number of rotatable bonds is 9. The Kier molecular flexibility index (Phi) is 7.66. The van der Waals surface area contributed by atoms with E-state index in [0.29, 0.717) is 12.0 Å². The summed E-state index contributed by atoms with van der Waals surface area (Å²) in [5.74, 6) is 0. The minimum Gasteiger partial charge on any atom is -0.388 e. The number of nitrogens with zero attached hydrogens (tertiary/aromatic N) is 1. The predicted molar refractivity (Wildman–Crippen MR) is 97.9 cm³/mol. The molecule has 1 unspecified atom stereocenters. The summed E-state index contributed by atoms with van der Waals surface area (Å²) in [5.41, 5.74) is 0.922. The van der Waals surface area contributed by atoms with Gasteiger partial charge < -0.3 is 10.0 Å². The van der Waals surface area contributed by atoms with E-state index in [1.165, 1.54) is 11.6 Å². The number of benzene rings is 2. The highest BCUT2D eigenvalue weighted by Gasteiger charge is 2.30. The number of unbranched alkanes of at least 4 members (excludes halogenated alkanes) is 1. The molecule has 0 radical (unpaired) electrons. The highest BCUT2D eigenvalue weighted by Crippen LogP contribution is 2.31. The van der Waals surface area contributed by atoms with Gasteiger partial charge >= 0.3 is 6.18 Å². The molecule has 0 aliphatic carbocycles. The average molecular weight is 365 g/mol. The first-order valence-corrected chi connectivity index (χ1v) is 8.94. The van der Waals surface area contributed by atoms with Gasteiger partial charge in [-0.2, -0.15) is 13.2 Å². The van der Waals surface area contributed by atoms with Crippen LogP contribution in [0.4, 0.5) is 13.2 Å². The quantitative estimate of drug-likeness (QED) is 0.626. The number of hydrogen-bond acceptors (Lipinski definition) is 2. The smallest absolute Gasteiger partial charge is 0.388 e. The van der Waals surface area contributed by atoms with E-state index >= 15 is 0 Å². The van der Waals surface area contributed by atoms with Crippen molar-refractivity contribution in [1.29, 1.82) is 0 Å². The summed E-state index contributed by atoms with van der Waals surface area (Å²) >= 11 is 0. The molecule has 0 spiro atoms. The molecular weight excluding hydrogens is 339 g/mol. The number of alkyl halides is 3. The van der Waals surface area contributed by atoms with Gasteiger partial charge in [-0.25, -0.2) is 0 Å². The molecule has 0 saturated carbocycles. The van der Waals surface area contributed by atoms with Crippen LogP contribution >= 0.6 is 0 Å². The van der Waals surface area contributed by atoms with Crippen LogP contribution in [0.1, 0.15) is 42.1 Å². The third-order valence-electron chi connectivity index (χ3n) is 4.49. The number of likely N-dealkylation sites (N-methyl/N-ethyl adjacent to an activating group) is 1. The molecule has 0 aliphatic rings. The summed E-state index contributed by atoms with van der Waals surface area (Å²) < 4.78 is 38.2. The molecule has 1 N–H and O–H groups in total. The summed E-state index contributed by atoms with van der Waals surface area (Å²) in [6.45, 7) is 1.86. The van der Waals surface area contributed by atoms with Crippen molar-refractivity contribution < 1.29 is 18.3 Å². The third kappa shape index (κ3) is 6.81. The Labute approximate surface area is 153 Å². The summed E-state index contributed by atoms with van der Waals surface area (Å²) in [6, 6.07) is 15.2. The standard InChI is InChI=1S/C21H26F3NO/c1-25(15-13-17-8-3-2-4-9-17)14-6-5-12-20(26)18-10-7-11-19(16-18)21(22,23)24/h2-4,7-11,16,20,26H,5-6,12-15H2,1H3. The molecule has 26 heavy (non-hydrogen) atoms. The Morgan fingerprint density at radius 3 is 2.38 bits per heavy atom. The molecule has 0 aliphatic heterocycles. The van der Waals surface area contributed by atoms with Gasteiger partial charge in [0.05, 0.1) is 11.7 Å². The van der Waals surface area contributed by atoms with Crippen LogP contribution in [0.2, 0.25) is 0 Å². The Morgan fingerprint density at radius 1 is 0.962 bits per heavy atom. The lowest BCUT2D eigenvalue weighted by Gasteiger charge is -2.17. The van der Waals surface area contributed by atoms with Crippen LogP contribution in [0.3, 0.4) is 0 Å². The van der Waals surface area contributed by atoms with Gasteiger partial charge in [0.25, 0.3) is 0 Å². The minimum atomic E-state index is -4.38. The van der Waals surface area contributed by atoms with Gasteiger partial charge in [-0.15, -0.1) is 0 Å². The van der Waals surface area contributed by atoms with Crippen molar-refractivity contribution in [3.05, 3.63) is 71.3 Å². The molecule has 0 fully saturated rings. The molecule has 2 nitrogen and oxygen atoms in total. The average Bonchev–Trinajstić information content (AvgIpc) is 2.63. The van der Waals surface area contributed by atoms with Gasteiger partial charge in [-0.05, 0) is 62.5 Å². The Hall–Kier alpha value is -1.85. The van der Waals surface area contributed by atoms with Gasteiger partial charge in [0.15, 0.2) is 0 Å². The van der Waals surface area contributed by atoms with Crippen LogP contribution in [-0.4, -0.2) is 30.1 Å². The van der Waals surface area contributed by atoms with Gasteiger partial charge in [0.1, 0.15) is 0 Å². The molecule has 0 heterocycles. The maximum Gasteiger partial charge on any atom is 0.416 e. The van der Waals surface area contributed by atoms with E-state index < -0.39 is 17.8 Å². The highest BCUT2D eigenvalue weighted by atomic mass is 19.4. The predicted octanol–water partition coefficient (Wildman–Crippen LogP) is 5.08. The van der Waals surface area contributed by atoms with Crippen molar-refractivity contribution in [3.63, 3.8) is 0 Å². The minimum absolute atomic E-state index is 0.331. The maximum absolute atomic E-state index is 12.7. The largest absolute Gasteiger partial charge is 0.416 e. The Bertz CT molecular complexity index is 658. The van der Waals surface area contributed by atoms with Crippen molar-refractivity contribution in [2.45, 2.75) is 38.0 Å².